The normalized spacial score (nSPS) is 62.4. The molecule has 3 saturated heterocycles. The molecule has 11 nitrogen and oxygen atoms in total. The molecule has 0 aromatic heterocycles. The quantitative estimate of drug-likeness (QED) is 0.231. The van der Waals surface area contributed by atoms with Crippen LogP contribution in [0, 0.1) is 5.92 Å². The fraction of sp³-hybridized carbons (Fsp3) is 0.909. The zero-order chi connectivity index (χ0) is 16.1. The van der Waals surface area contributed by atoms with E-state index in [4.69, 9.17) is 15.2 Å². The highest BCUT2D eigenvalue weighted by atomic mass is 16.9. The number of nitrogens with zero attached hydrogens (tertiary/aromatic N) is 1. The van der Waals surface area contributed by atoms with Gasteiger partial charge in [-0.2, -0.15) is 0 Å². The maximum Gasteiger partial charge on any atom is 0.311 e. The maximum atomic E-state index is 10.6. The van der Waals surface area contributed by atoms with Gasteiger partial charge in [-0.25, -0.2) is 4.99 Å². The van der Waals surface area contributed by atoms with Gasteiger partial charge in [0, 0.05) is 0 Å². The molecule has 0 amide bonds. The molecule has 9 N–H and O–H groups in total. The van der Waals surface area contributed by atoms with Crippen LogP contribution >= 0.6 is 0 Å². The molecule has 1 saturated carbocycles. The van der Waals surface area contributed by atoms with Crippen LogP contribution in [-0.2, 0) is 9.47 Å². The van der Waals surface area contributed by atoms with Crippen molar-refractivity contribution in [3.63, 3.8) is 0 Å². The van der Waals surface area contributed by atoms with Crippen LogP contribution in [0.4, 0.5) is 0 Å². The molecule has 124 valence electrons. The lowest BCUT2D eigenvalue weighted by Gasteiger charge is -2.71. The Morgan fingerprint density at radius 3 is 2.45 bits per heavy atom. The van der Waals surface area contributed by atoms with Gasteiger partial charge in [0.25, 0.3) is 0 Å². The van der Waals surface area contributed by atoms with E-state index in [0.29, 0.717) is 0 Å². The third-order valence-electron chi connectivity index (χ3n) is 5.22. The Balaban J connectivity index is 1.95. The summed E-state index contributed by atoms with van der Waals surface area (Å²) in [7, 11) is 0. The average Bonchev–Trinajstić information content (AvgIpc) is 2.45. The second kappa shape index (κ2) is 3.88. The molecule has 5 rings (SSSR count). The fourth-order valence-corrected chi connectivity index (χ4v) is 4.24. The van der Waals surface area contributed by atoms with Crippen molar-refractivity contribution in [2.75, 3.05) is 6.61 Å². The number of aliphatic hydroxyl groups is 6. The molecule has 1 spiro atoms. The number of ether oxygens (including phenoxy) is 2. The van der Waals surface area contributed by atoms with Gasteiger partial charge in [0.1, 0.15) is 29.5 Å². The van der Waals surface area contributed by atoms with Gasteiger partial charge in [-0.05, 0) is 0 Å². The first kappa shape index (κ1) is 14.5. The Kier molecular flexibility index (Phi) is 2.57. The number of hydrogen-bond donors (Lipinski definition) is 8. The first-order valence-electron chi connectivity index (χ1n) is 6.77. The van der Waals surface area contributed by atoms with Crippen LogP contribution in [0.5, 0.6) is 0 Å². The average molecular weight is 319 g/mol. The Hall–Kier alpha value is -1.05. The lowest BCUT2D eigenvalue weighted by molar-refractivity contribution is -0.548. The number of aliphatic imine (C=N–C) groups is 1. The van der Waals surface area contributed by atoms with E-state index in [-0.39, 0.29) is 5.96 Å². The Morgan fingerprint density at radius 2 is 1.82 bits per heavy atom. The first-order valence-corrected chi connectivity index (χ1v) is 6.77. The van der Waals surface area contributed by atoms with E-state index in [2.05, 4.69) is 10.3 Å². The van der Waals surface area contributed by atoms with Crippen LogP contribution in [0.2, 0.25) is 0 Å². The van der Waals surface area contributed by atoms with Crippen LogP contribution < -0.4 is 11.1 Å². The van der Waals surface area contributed by atoms with E-state index >= 15 is 0 Å². The van der Waals surface area contributed by atoms with Crippen LogP contribution in [-0.4, -0.2) is 91.0 Å². The van der Waals surface area contributed by atoms with Crippen molar-refractivity contribution in [1.29, 1.82) is 0 Å². The molecule has 4 fully saturated rings. The number of nitrogens with one attached hydrogen (secondary N) is 1. The number of guanidine groups is 1. The van der Waals surface area contributed by atoms with Crippen LogP contribution in [0.25, 0.3) is 0 Å². The smallest absolute Gasteiger partial charge is 0.311 e. The Bertz CT molecular complexity index is 561. The van der Waals surface area contributed by atoms with Gasteiger partial charge >= 0.3 is 5.97 Å². The summed E-state index contributed by atoms with van der Waals surface area (Å²) in [6, 6.07) is 0. The lowest BCUT2D eigenvalue weighted by atomic mass is 9.55. The summed E-state index contributed by atoms with van der Waals surface area (Å²) in [6.45, 7) is -0.857. The minimum Gasteiger partial charge on any atom is -0.393 e. The highest BCUT2D eigenvalue weighted by Crippen LogP contribution is 2.58. The molecule has 22 heavy (non-hydrogen) atoms. The highest BCUT2D eigenvalue weighted by Gasteiger charge is 2.82. The molecular weight excluding hydrogens is 302 g/mol. The fourth-order valence-electron chi connectivity index (χ4n) is 4.24. The third kappa shape index (κ3) is 1.28. The van der Waals surface area contributed by atoms with Crippen molar-refractivity contribution in [3.05, 3.63) is 0 Å². The molecule has 11 heteroatoms. The molecule has 0 aromatic carbocycles. The van der Waals surface area contributed by atoms with Gasteiger partial charge in [-0.3, -0.25) is 0 Å². The molecule has 0 aromatic rings. The van der Waals surface area contributed by atoms with Crippen molar-refractivity contribution in [1.82, 2.24) is 5.32 Å². The number of aliphatic hydroxyl groups excluding tert-OH is 4. The molecule has 0 radical (unpaired) electrons. The highest BCUT2D eigenvalue weighted by molar-refractivity contribution is 5.80. The Labute approximate surface area is 123 Å². The zero-order valence-electron chi connectivity index (χ0n) is 11.2. The third-order valence-corrected chi connectivity index (χ3v) is 5.22. The van der Waals surface area contributed by atoms with E-state index in [9.17, 15) is 30.6 Å². The van der Waals surface area contributed by atoms with E-state index in [1.54, 1.807) is 0 Å². The van der Waals surface area contributed by atoms with E-state index < -0.39 is 60.3 Å². The van der Waals surface area contributed by atoms with Gasteiger partial charge in [0.15, 0.2) is 18.3 Å². The molecule has 4 heterocycles. The summed E-state index contributed by atoms with van der Waals surface area (Å²) in [6.07, 6.45) is -7.77. The standard InChI is InChI=1S/C11H17N3O8/c12-8-13-6(17)2-4-9(19,1-15)5-3(16)10(2,14-8)7(18)11(20,21-4)22-5/h2-7,15-20H,1H2,(H3,12,13,14)/t2-,3+,4-,5-,6+,7+,9+,10?,11+/m1/s1. The zero-order valence-corrected chi connectivity index (χ0v) is 11.2. The van der Waals surface area contributed by atoms with Crippen LogP contribution in [0.3, 0.4) is 0 Å². The van der Waals surface area contributed by atoms with Crippen molar-refractivity contribution < 1.29 is 40.1 Å². The second-order valence-corrected chi connectivity index (χ2v) is 6.22. The Morgan fingerprint density at radius 1 is 1.18 bits per heavy atom. The summed E-state index contributed by atoms with van der Waals surface area (Å²) >= 11 is 0. The maximum absolute atomic E-state index is 10.6. The number of nitrogens with two attached hydrogens (primary N) is 1. The summed E-state index contributed by atoms with van der Waals surface area (Å²) in [4.78, 5) is 3.70. The summed E-state index contributed by atoms with van der Waals surface area (Å²) in [5, 5.41) is 64.3. The van der Waals surface area contributed by atoms with Crippen LogP contribution in [0.15, 0.2) is 4.99 Å². The SMILES string of the molecule is NC1=N[C@@H](O)[C@H]2[C@H]3O[C@]4(O)O[C@H]([C@H](O)C2(N1)[C@@H]4O)[C@]3(O)CO. The van der Waals surface area contributed by atoms with Crippen molar-refractivity contribution >= 4 is 5.96 Å². The predicted molar refractivity (Wildman–Crippen MR) is 65.7 cm³/mol. The minimum absolute atomic E-state index is 0.250. The summed E-state index contributed by atoms with van der Waals surface area (Å²) in [5.74, 6) is -3.95. The van der Waals surface area contributed by atoms with Gasteiger partial charge in [-0.15, -0.1) is 0 Å². The van der Waals surface area contributed by atoms with E-state index in [1.807, 2.05) is 0 Å². The van der Waals surface area contributed by atoms with Crippen molar-refractivity contribution in [2.24, 2.45) is 16.6 Å². The van der Waals surface area contributed by atoms with Crippen molar-refractivity contribution in [2.45, 2.75) is 47.8 Å². The monoisotopic (exact) mass is 319 g/mol. The summed E-state index contributed by atoms with van der Waals surface area (Å²) in [5.41, 5.74) is 1.74. The molecule has 5 aliphatic rings. The molecule has 9 atom stereocenters. The molecular formula is C11H17N3O8. The first-order chi connectivity index (χ1) is 10.2. The van der Waals surface area contributed by atoms with Gasteiger partial charge in [0.05, 0.1) is 12.5 Å². The minimum atomic E-state index is -2.52. The van der Waals surface area contributed by atoms with Gasteiger partial charge in [0.2, 0.25) is 0 Å². The van der Waals surface area contributed by atoms with E-state index in [1.165, 1.54) is 0 Å². The van der Waals surface area contributed by atoms with Gasteiger partial charge < -0.3 is 51.2 Å². The van der Waals surface area contributed by atoms with Crippen LogP contribution in [0.1, 0.15) is 0 Å². The molecule has 4 aliphatic heterocycles. The molecule has 1 aliphatic carbocycles. The molecule has 1 unspecified atom stereocenters. The van der Waals surface area contributed by atoms with E-state index in [0.717, 1.165) is 0 Å². The predicted octanol–water partition coefficient (Wildman–Crippen LogP) is -5.52. The summed E-state index contributed by atoms with van der Waals surface area (Å²) < 4.78 is 10.3. The number of hydrogen-bond acceptors (Lipinski definition) is 11. The number of rotatable bonds is 1. The van der Waals surface area contributed by atoms with Crippen molar-refractivity contribution in [3.8, 4) is 0 Å². The van der Waals surface area contributed by atoms with Gasteiger partial charge in [-0.1, -0.05) is 0 Å². The lowest BCUT2D eigenvalue weighted by Crippen LogP contribution is -2.95. The second-order valence-electron chi connectivity index (χ2n) is 6.22. The topological polar surface area (TPSA) is 190 Å². The molecule has 4 bridgehead atoms. The largest absolute Gasteiger partial charge is 0.393 e.